The Morgan fingerprint density at radius 2 is 2.12 bits per heavy atom. The van der Waals surface area contributed by atoms with Gasteiger partial charge in [0.2, 0.25) is 5.82 Å². The van der Waals surface area contributed by atoms with Crippen molar-refractivity contribution in [3.05, 3.63) is 57.8 Å². The topological polar surface area (TPSA) is 109 Å². The molecule has 0 saturated heterocycles. The average molecular weight is 389 g/mol. The molecular weight excluding hydrogens is 380 g/mol. The van der Waals surface area contributed by atoms with E-state index in [9.17, 15) is 4.79 Å². The molecule has 3 aromatic heterocycles. The number of tetrazole rings is 1. The number of ether oxygens (including phenoxy) is 1. The molecule has 0 aliphatic heterocycles. The van der Waals surface area contributed by atoms with Gasteiger partial charge in [0, 0.05) is 10.6 Å². The summed E-state index contributed by atoms with van der Waals surface area (Å²) in [5.74, 6) is 0.0405. The van der Waals surface area contributed by atoms with Crippen LogP contribution in [0, 0.1) is 0 Å². The van der Waals surface area contributed by atoms with Gasteiger partial charge in [0.25, 0.3) is 5.89 Å². The maximum atomic E-state index is 12.3. The Kier molecular flexibility index (Phi) is 4.42. The molecule has 4 aromatic rings. The first-order valence-electron chi connectivity index (χ1n) is 7.27. The molecule has 26 heavy (non-hydrogen) atoms. The van der Waals surface area contributed by atoms with Crippen LogP contribution in [0.15, 0.2) is 46.6 Å². The number of rotatable bonds is 5. The summed E-state index contributed by atoms with van der Waals surface area (Å²) in [6, 6.07) is 8.72. The molecule has 9 nitrogen and oxygen atoms in total. The van der Waals surface area contributed by atoms with Crippen LogP contribution in [0.5, 0.6) is 0 Å². The van der Waals surface area contributed by atoms with Gasteiger partial charge in [-0.3, -0.25) is 0 Å². The molecule has 0 aliphatic rings. The molecule has 11 heteroatoms. The predicted molar refractivity (Wildman–Crippen MR) is 90.9 cm³/mol. The van der Waals surface area contributed by atoms with E-state index in [4.69, 9.17) is 20.9 Å². The smallest absolute Gasteiger partial charge is 0.351 e. The Morgan fingerprint density at radius 3 is 2.88 bits per heavy atom. The van der Waals surface area contributed by atoms with Crippen molar-refractivity contribution in [1.82, 2.24) is 30.3 Å². The molecule has 0 unspecified atom stereocenters. The maximum Gasteiger partial charge on any atom is 0.351 e. The number of thiophene rings is 1. The Balaban J connectivity index is 1.44. The molecule has 0 saturated carbocycles. The van der Waals surface area contributed by atoms with E-state index >= 15 is 0 Å². The molecule has 0 N–H and O–H groups in total. The van der Waals surface area contributed by atoms with Crippen LogP contribution in [-0.2, 0) is 11.3 Å². The van der Waals surface area contributed by atoms with E-state index in [-0.39, 0.29) is 12.5 Å². The van der Waals surface area contributed by atoms with Crippen LogP contribution in [-0.4, -0.2) is 36.3 Å². The zero-order valence-corrected chi connectivity index (χ0v) is 14.5. The number of hydrogen-bond donors (Lipinski definition) is 0. The number of benzene rings is 1. The summed E-state index contributed by atoms with van der Waals surface area (Å²) in [6.45, 7) is -0.146. The quantitative estimate of drug-likeness (QED) is 0.480. The number of esters is 1. The number of aromatic nitrogens is 6. The Labute approximate surface area is 155 Å². The van der Waals surface area contributed by atoms with Crippen molar-refractivity contribution in [3.8, 4) is 17.1 Å². The molecule has 0 spiro atoms. The molecule has 3 heterocycles. The van der Waals surface area contributed by atoms with Gasteiger partial charge in [-0.25, -0.2) is 4.79 Å². The monoisotopic (exact) mass is 388 g/mol. The van der Waals surface area contributed by atoms with Crippen LogP contribution in [0.4, 0.5) is 0 Å². The molecule has 0 bridgehead atoms. The second-order valence-electron chi connectivity index (χ2n) is 4.98. The second kappa shape index (κ2) is 7.02. The lowest BCUT2D eigenvalue weighted by Gasteiger charge is -2.02. The van der Waals surface area contributed by atoms with Crippen molar-refractivity contribution in [1.29, 1.82) is 0 Å². The highest BCUT2D eigenvalue weighted by Crippen LogP contribution is 2.22. The summed E-state index contributed by atoms with van der Waals surface area (Å²) in [6.07, 6.45) is 1.40. The highest BCUT2D eigenvalue weighted by molar-refractivity contribution is 7.12. The van der Waals surface area contributed by atoms with Crippen molar-refractivity contribution in [2.45, 2.75) is 6.61 Å². The molecule has 0 aliphatic carbocycles. The normalized spacial score (nSPS) is 10.8. The van der Waals surface area contributed by atoms with E-state index in [1.54, 1.807) is 35.7 Å². The molecule has 0 amide bonds. The summed E-state index contributed by atoms with van der Waals surface area (Å²) in [5.41, 5.74) is 1.28. The van der Waals surface area contributed by atoms with Crippen LogP contribution in [0.25, 0.3) is 17.1 Å². The van der Waals surface area contributed by atoms with Crippen LogP contribution < -0.4 is 0 Å². The van der Waals surface area contributed by atoms with Gasteiger partial charge in [0.05, 0.1) is 5.69 Å². The van der Waals surface area contributed by atoms with Crippen molar-refractivity contribution in [2.75, 3.05) is 0 Å². The zero-order chi connectivity index (χ0) is 17.9. The van der Waals surface area contributed by atoms with Gasteiger partial charge >= 0.3 is 5.97 Å². The number of carbonyl (C=O) groups excluding carboxylic acids is 1. The first kappa shape index (κ1) is 16.4. The molecule has 1 aromatic carbocycles. The van der Waals surface area contributed by atoms with E-state index in [1.165, 1.54) is 22.3 Å². The molecule has 0 atom stereocenters. The van der Waals surface area contributed by atoms with Crippen molar-refractivity contribution < 1.29 is 14.1 Å². The highest BCUT2D eigenvalue weighted by Gasteiger charge is 2.18. The standard InChI is InChI=1S/C15H9ClN6O3S/c16-10-3-1-9(2-4-10)14-18-12(25-19-14)7-24-15(23)13-11(5-6-26-13)22-8-17-20-21-22/h1-6,8H,7H2. The minimum Gasteiger partial charge on any atom is -0.451 e. The minimum atomic E-state index is -0.531. The van der Waals surface area contributed by atoms with Crippen LogP contribution in [0.3, 0.4) is 0 Å². The van der Waals surface area contributed by atoms with Gasteiger partial charge in [0.15, 0.2) is 6.61 Å². The lowest BCUT2D eigenvalue weighted by molar-refractivity contribution is 0.0435. The molecule has 130 valence electrons. The Morgan fingerprint density at radius 1 is 1.27 bits per heavy atom. The summed E-state index contributed by atoms with van der Waals surface area (Å²) in [5, 5.41) is 17.1. The van der Waals surface area contributed by atoms with E-state index < -0.39 is 5.97 Å². The summed E-state index contributed by atoms with van der Waals surface area (Å²) < 4.78 is 11.8. The summed E-state index contributed by atoms with van der Waals surface area (Å²) in [7, 11) is 0. The van der Waals surface area contributed by atoms with Crippen molar-refractivity contribution in [3.63, 3.8) is 0 Å². The van der Waals surface area contributed by atoms with E-state index in [0.29, 0.717) is 21.4 Å². The maximum absolute atomic E-state index is 12.3. The SMILES string of the molecule is O=C(OCc1nc(-c2ccc(Cl)cc2)no1)c1sccc1-n1cnnn1. The van der Waals surface area contributed by atoms with E-state index in [2.05, 4.69) is 25.7 Å². The van der Waals surface area contributed by atoms with Gasteiger partial charge < -0.3 is 9.26 Å². The van der Waals surface area contributed by atoms with E-state index in [0.717, 1.165) is 5.56 Å². The Hall–Kier alpha value is -3.11. The molecule has 0 fully saturated rings. The number of carbonyl (C=O) groups is 1. The van der Waals surface area contributed by atoms with E-state index in [1.807, 2.05) is 0 Å². The van der Waals surface area contributed by atoms with Crippen LogP contribution >= 0.6 is 22.9 Å². The second-order valence-corrected chi connectivity index (χ2v) is 6.34. The van der Waals surface area contributed by atoms with Gasteiger partial charge in [-0.1, -0.05) is 16.8 Å². The lowest BCUT2D eigenvalue weighted by Crippen LogP contribution is -2.07. The predicted octanol–water partition coefficient (Wildman–Crippen LogP) is 2.78. The van der Waals surface area contributed by atoms with Crippen LogP contribution in [0.1, 0.15) is 15.6 Å². The fourth-order valence-electron chi connectivity index (χ4n) is 2.13. The number of hydrogen-bond acceptors (Lipinski definition) is 9. The molecular formula is C15H9ClN6O3S. The summed E-state index contributed by atoms with van der Waals surface area (Å²) in [4.78, 5) is 16.9. The minimum absolute atomic E-state index is 0.146. The fraction of sp³-hybridized carbons (Fsp3) is 0.0667. The first-order valence-corrected chi connectivity index (χ1v) is 8.53. The average Bonchev–Trinajstić information content (AvgIpc) is 3.40. The van der Waals surface area contributed by atoms with Crippen molar-refractivity contribution in [2.24, 2.45) is 0 Å². The zero-order valence-electron chi connectivity index (χ0n) is 12.9. The third-order valence-electron chi connectivity index (χ3n) is 3.32. The van der Waals surface area contributed by atoms with Gasteiger partial charge in [-0.05, 0) is 46.1 Å². The fourth-order valence-corrected chi connectivity index (χ4v) is 3.03. The number of halogens is 1. The largest absolute Gasteiger partial charge is 0.451 e. The first-order chi connectivity index (χ1) is 12.7. The van der Waals surface area contributed by atoms with Gasteiger partial charge in [0.1, 0.15) is 11.2 Å². The Bertz CT molecular complexity index is 1030. The molecule has 4 rings (SSSR count). The van der Waals surface area contributed by atoms with Crippen LogP contribution in [0.2, 0.25) is 5.02 Å². The molecule has 0 radical (unpaired) electrons. The third kappa shape index (κ3) is 3.32. The third-order valence-corrected chi connectivity index (χ3v) is 4.46. The highest BCUT2D eigenvalue weighted by atomic mass is 35.5. The van der Waals surface area contributed by atoms with Gasteiger partial charge in [-0.2, -0.15) is 9.67 Å². The summed E-state index contributed by atoms with van der Waals surface area (Å²) >= 11 is 7.08. The lowest BCUT2D eigenvalue weighted by atomic mass is 10.2. The van der Waals surface area contributed by atoms with Crippen molar-refractivity contribution >= 4 is 28.9 Å². The number of nitrogens with zero attached hydrogens (tertiary/aromatic N) is 6. The van der Waals surface area contributed by atoms with Gasteiger partial charge in [-0.15, -0.1) is 16.4 Å².